The largest absolute Gasteiger partial charge is 0.105 e. The van der Waals surface area contributed by atoms with Crippen LogP contribution in [0.25, 0.3) is 0 Å². The Morgan fingerprint density at radius 2 is 1.60 bits per heavy atom. The third-order valence-corrected chi connectivity index (χ3v) is 1.74. The quantitative estimate of drug-likeness (QED) is 0.551. The Kier molecular flexibility index (Phi) is 2.42. The first kappa shape index (κ1) is 7.71. The van der Waals surface area contributed by atoms with Crippen LogP contribution in [0.4, 0.5) is 14.6 Å². The number of halogens is 3. The van der Waals surface area contributed by atoms with Gasteiger partial charge in [0, 0.05) is 3.57 Å². The zero-order valence-electron chi connectivity index (χ0n) is 4.89. The molecule has 0 heterocycles. The first-order chi connectivity index (χ1) is 4.70. The Labute approximate surface area is 70.7 Å². The smallest absolute Gasteiger partial charge is 0.0666 e. The molecule has 4 heteroatoms. The molecule has 0 bridgehead atoms. The lowest BCUT2D eigenvalue weighted by Crippen LogP contribution is -1.94. The third kappa shape index (κ3) is 1.80. The molecule has 54 valence electrons. The van der Waals surface area contributed by atoms with E-state index in [1.165, 1.54) is 12.1 Å². The standard InChI is InChI=1S/C6H4F2IN/c7-10(8)6-3-1-5(9)2-4-6/h1-4H. The molecule has 0 saturated heterocycles. The Hall–Kier alpha value is -0.390. The predicted molar refractivity (Wildman–Crippen MR) is 43.9 cm³/mol. The van der Waals surface area contributed by atoms with E-state index in [0.29, 0.717) is 0 Å². The molecule has 0 spiro atoms. The molecular formula is C6H4F2IN. The summed E-state index contributed by atoms with van der Waals surface area (Å²) in [5, 5.41) is -0.907. The van der Waals surface area contributed by atoms with Crippen LogP contribution in [0.3, 0.4) is 0 Å². The van der Waals surface area contributed by atoms with Gasteiger partial charge in [-0.3, -0.25) is 0 Å². The van der Waals surface area contributed by atoms with E-state index in [0.717, 1.165) is 3.57 Å². The molecule has 10 heavy (non-hydrogen) atoms. The highest BCUT2D eigenvalue weighted by Gasteiger charge is 1.99. The molecule has 1 aromatic carbocycles. The van der Waals surface area contributed by atoms with Crippen molar-refractivity contribution in [2.45, 2.75) is 0 Å². The topological polar surface area (TPSA) is 3.24 Å². The summed E-state index contributed by atoms with van der Waals surface area (Å²) in [7, 11) is 0. The van der Waals surface area contributed by atoms with Crippen molar-refractivity contribution < 1.29 is 8.96 Å². The van der Waals surface area contributed by atoms with Crippen LogP contribution in [0.15, 0.2) is 24.3 Å². The monoisotopic (exact) mass is 255 g/mol. The van der Waals surface area contributed by atoms with Gasteiger partial charge >= 0.3 is 0 Å². The zero-order chi connectivity index (χ0) is 7.56. The van der Waals surface area contributed by atoms with Crippen LogP contribution in [0, 0.1) is 3.57 Å². The van der Waals surface area contributed by atoms with Gasteiger partial charge in [0.2, 0.25) is 0 Å². The maximum Gasteiger partial charge on any atom is 0.105 e. The molecule has 0 unspecified atom stereocenters. The van der Waals surface area contributed by atoms with E-state index in [1.807, 2.05) is 0 Å². The highest BCUT2D eigenvalue weighted by molar-refractivity contribution is 14.1. The second-order valence-corrected chi connectivity index (χ2v) is 2.95. The summed E-state index contributed by atoms with van der Waals surface area (Å²) < 4.78 is 24.4. The summed E-state index contributed by atoms with van der Waals surface area (Å²) in [5.41, 5.74) is -0.0829. The van der Waals surface area contributed by atoms with Crippen molar-refractivity contribution in [2.24, 2.45) is 0 Å². The molecule has 0 amide bonds. The summed E-state index contributed by atoms with van der Waals surface area (Å²) in [5.74, 6) is 0. The van der Waals surface area contributed by atoms with Crippen LogP contribution in [-0.2, 0) is 0 Å². The van der Waals surface area contributed by atoms with E-state index in [4.69, 9.17) is 0 Å². The van der Waals surface area contributed by atoms with Crippen molar-refractivity contribution in [1.29, 1.82) is 0 Å². The summed E-state index contributed by atoms with van der Waals surface area (Å²) >= 11 is 2.06. The fourth-order valence-corrected chi connectivity index (χ4v) is 0.913. The minimum atomic E-state index is -0.907. The first-order valence-electron chi connectivity index (χ1n) is 2.57. The summed E-state index contributed by atoms with van der Waals surface area (Å²) in [4.78, 5) is 0. The van der Waals surface area contributed by atoms with Gasteiger partial charge in [0.15, 0.2) is 0 Å². The maximum absolute atomic E-state index is 11.7. The van der Waals surface area contributed by atoms with E-state index in [-0.39, 0.29) is 5.69 Å². The molecule has 0 N–H and O–H groups in total. The molecule has 0 aliphatic heterocycles. The van der Waals surface area contributed by atoms with E-state index in [9.17, 15) is 8.96 Å². The van der Waals surface area contributed by atoms with Crippen molar-refractivity contribution in [3.8, 4) is 0 Å². The average Bonchev–Trinajstić information content (AvgIpc) is 1.88. The molecule has 0 atom stereocenters. The van der Waals surface area contributed by atoms with Crippen molar-refractivity contribution in [1.82, 2.24) is 0 Å². The fourth-order valence-electron chi connectivity index (χ4n) is 0.554. The number of nitrogens with zero attached hydrogens (tertiary/aromatic N) is 1. The summed E-state index contributed by atoms with van der Waals surface area (Å²) in [6.07, 6.45) is 0. The van der Waals surface area contributed by atoms with Crippen LogP contribution in [-0.4, -0.2) is 0 Å². The van der Waals surface area contributed by atoms with Gasteiger partial charge < -0.3 is 0 Å². The van der Waals surface area contributed by atoms with Crippen LogP contribution in [0.1, 0.15) is 0 Å². The second kappa shape index (κ2) is 3.14. The van der Waals surface area contributed by atoms with Crippen molar-refractivity contribution in [3.05, 3.63) is 27.8 Å². The molecule has 1 nitrogen and oxygen atoms in total. The Balaban J connectivity index is 2.89. The van der Waals surface area contributed by atoms with Crippen molar-refractivity contribution >= 4 is 28.3 Å². The van der Waals surface area contributed by atoms with Gasteiger partial charge in [-0.2, -0.15) is 0 Å². The van der Waals surface area contributed by atoms with E-state index in [2.05, 4.69) is 22.6 Å². The molecule has 0 fully saturated rings. The SMILES string of the molecule is FN(F)c1ccc(I)cc1. The molecule has 1 aromatic rings. The van der Waals surface area contributed by atoms with Crippen molar-refractivity contribution in [3.63, 3.8) is 0 Å². The van der Waals surface area contributed by atoms with Gasteiger partial charge in [-0.25, -0.2) is 0 Å². The molecule has 0 aliphatic rings. The van der Waals surface area contributed by atoms with Crippen LogP contribution in [0.2, 0.25) is 0 Å². The van der Waals surface area contributed by atoms with Crippen LogP contribution < -0.4 is 5.34 Å². The molecule has 1 rings (SSSR count). The van der Waals surface area contributed by atoms with Gasteiger partial charge in [-0.15, -0.1) is 0 Å². The number of hydrogen-bond acceptors (Lipinski definition) is 1. The Morgan fingerprint density at radius 3 is 2.00 bits per heavy atom. The van der Waals surface area contributed by atoms with E-state index < -0.39 is 5.34 Å². The van der Waals surface area contributed by atoms with E-state index >= 15 is 0 Å². The van der Waals surface area contributed by atoms with Gasteiger partial charge in [-0.1, -0.05) is 8.96 Å². The van der Waals surface area contributed by atoms with E-state index in [1.54, 1.807) is 12.1 Å². The average molecular weight is 255 g/mol. The molecule has 0 aliphatic carbocycles. The minimum absolute atomic E-state index is 0.0829. The highest BCUT2D eigenvalue weighted by atomic mass is 127. The Bertz CT molecular complexity index is 209. The number of hydrogen-bond donors (Lipinski definition) is 0. The summed E-state index contributed by atoms with van der Waals surface area (Å²) in [6, 6.07) is 5.98. The second-order valence-electron chi connectivity index (χ2n) is 1.71. The number of anilines is 1. The molecule has 0 saturated carbocycles. The molecule has 0 aromatic heterocycles. The van der Waals surface area contributed by atoms with Gasteiger partial charge in [0.05, 0.1) is 0 Å². The fraction of sp³-hybridized carbons (Fsp3) is 0. The van der Waals surface area contributed by atoms with Crippen LogP contribution in [0.5, 0.6) is 0 Å². The lowest BCUT2D eigenvalue weighted by molar-refractivity contribution is 0.235. The first-order valence-corrected chi connectivity index (χ1v) is 3.65. The zero-order valence-corrected chi connectivity index (χ0v) is 7.05. The summed E-state index contributed by atoms with van der Waals surface area (Å²) in [6.45, 7) is 0. The third-order valence-electron chi connectivity index (χ3n) is 1.02. The maximum atomic E-state index is 11.7. The van der Waals surface area contributed by atoms with Crippen molar-refractivity contribution in [2.75, 3.05) is 5.34 Å². The normalized spacial score (nSPS) is 9.50. The minimum Gasteiger partial charge on any atom is -0.0666 e. The molecule has 0 radical (unpaired) electrons. The lowest BCUT2D eigenvalue weighted by atomic mass is 10.3. The number of benzene rings is 1. The molecular weight excluding hydrogens is 251 g/mol. The van der Waals surface area contributed by atoms with Gasteiger partial charge in [0.25, 0.3) is 0 Å². The van der Waals surface area contributed by atoms with Gasteiger partial charge in [-0.05, 0) is 52.2 Å². The van der Waals surface area contributed by atoms with Crippen LogP contribution >= 0.6 is 22.6 Å². The van der Waals surface area contributed by atoms with Gasteiger partial charge in [0.1, 0.15) is 5.69 Å². The number of rotatable bonds is 1. The predicted octanol–water partition coefficient (Wildman–Crippen LogP) is 2.87. The Morgan fingerprint density at radius 1 is 1.10 bits per heavy atom. The highest BCUT2D eigenvalue weighted by Crippen LogP contribution is 2.16. The lowest BCUT2D eigenvalue weighted by Gasteiger charge is -1.99.